The second-order valence-electron chi connectivity index (χ2n) is 10.0. The highest BCUT2D eigenvalue weighted by Gasteiger charge is 2.20. The van der Waals surface area contributed by atoms with Crippen molar-refractivity contribution in [2.24, 2.45) is 0 Å². The van der Waals surface area contributed by atoms with Crippen LogP contribution >= 0.6 is 7.95 Å². The van der Waals surface area contributed by atoms with E-state index in [0.29, 0.717) is 0 Å². The molecule has 0 amide bonds. The van der Waals surface area contributed by atoms with Crippen molar-refractivity contribution in [3.05, 3.63) is 73.1 Å². The molecule has 6 aromatic rings. The Morgan fingerprint density at radius 1 is 0.921 bits per heavy atom. The molecule has 186 valence electrons. The van der Waals surface area contributed by atoms with Crippen LogP contribution in [0.1, 0.15) is 0 Å². The first kappa shape index (κ1) is 23.4. The quantitative estimate of drug-likeness (QED) is 0.248. The van der Waals surface area contributed by atoms with Crippen molar-refractivity contribution < 1.29 is 0 Å². The van der Waals surface area contributed by atoms with Crippen LogP contribution in [0.2, 0.25) is 0 Å². The molecule has 1 unspecified atom stereocenters. The molecule has 0 aliphatic carbocycles. The molecule has 0 bridgehead atoms. The minimum Gasteiger partial charge on any atom is -0.369 e. The van der Waals surface area contributed by atoms with Gasteiger partial charge in [-0.05, 0) is 62.9 Å². The lowest BCUT2D eigenvalue weighted by atomic mass is 9.99. The Kier molecular flexibility index (Phi) is 5.68. The van der Waals surface area contributed by atoms with Gasteiger partial charge in [-0.1, -0.05) is 30.3 Å². The smallest absolute Gasteiger partial charge is 0.159 e. The molecule has 4 heterocycles. The Hall–Kier alpha value is -3.74. The van der Waals surface area contributed by atoms with Crippen molar-refractivity contribution in [1.82, 2.24) is 29.4 Å². The molecule has 7 rings (SSSR count). The first-order chi connectivity index (χ1) is 18.5. The molecule has 3 aromatic carbocycles. The minimum absolute atomic E-state index is 0.754. The SMILES string of the molecule is [B]P(C)n1nc(-c2nc3ccc(N4CCN(C)CC4)cc3[nH]2)c2cc(-c3cncc4ccccc34)ccc21. The van der Waals surface area contributed by atoms with Crippen molar-refractivity contribution in [3.63, 3.8) is 0 Å². The van der Waals surface area contributed by atoms with Gasteiger partial charge in [-0.2, -0.15) is 5.10 Å². The van der Waals surface area contributed by atoms with Gasteiger partial charge in [0.2, 0.25) is 0 Å². The number of fused-ring (bicyclic) bond motifs is 3. The third-order valence-corrected chi connectivity index (χ3v) is 8.40. The van der Waals surface area contributed by atoms with E-state index in [0.717, 1.165) is 76.1 Å². The highest BCUT2D eigenvalue weighted by atomic mass is 31.1. The summed E-state index contributed by atoms with van der Waals surface area (Å²) < 4.78 is 1.94. The number of anilines is 1. The molecule has 1 aliphatic heterocycles. The van der Waals surface area contributed by atoms with Crippen LogP contribution < -0.4 is 4.90 Å². The van der Waals surface area contributed by atoms with E-state index < -0.39 is 7.95 Å². The average molecular weight is 515 g/mol. The van der Waals surface area contributed by atoms with Crippen LogP contribution in [0.4, 0.5) is 5.69 Å². The summed E-state index contributed by atoms with van der Waals surface area (Å²) in [7, 11) is 7.62. The number of imidazole rings is 1. The Balaban J connectivity index is 1.35. The summed E-state index contributed by atoms with van der Waals surface area (Å²) in [4.78, 5) is 17.8. The van der Waals surface area contributed by atoms with Gasteiger partial charge in [-0.25, -0.2) is 4.98 Å². The number of aromatic amines is 1. The number of nitrogens with zero attached hydrogens (tertiary/aromatic N) is 6. The third kappa shape index (κ3) is 3.96. The van der Waals surface area contributed by atoms with Crippen LogP contribution in [0, 0.1) is 0 Å². The number of hydrogen-bond donors (Lipinski definition) is 1. The van der Waals surface area contributed by atoms with E-state index in [1.165, 1.54) is 11.1 Å². The number of nitrogens with one attached hydrogen (secondary N) is 1. The van der Waals surface area contributed by atoms with E-state index in [1.54, 1.807) is 0 Å². The predicted octanol–water partition coefficient (Wildman–Crippen LogP) is 5.50. The second-order valence-corrected chi connectivity index (χ2v) is 11.6. The lowest BCUT2D eigenvalue weighted by molar-refractivity contribution is 0.313. The molecule has 9 heteroatoms. The zero-order valence-corrected chi connectivity index (χ0v) is 22.4. The van der Waals surface area contributed by atoms with Gasteiger partial charge in [-0.15, -0.1) is 0 Å². The van der Waals surface area contributed by atoms with Gasteiger partial charge in [-0.3, -0.25) is 9.44 Å². The molecule has 1 saturated heterocycles. The van der Waals surface area contributed by atoms with Gasteiger partial charge in [0, 0.05) is 60.6 Å². The molecular weight excluding hydrogens is 488 g/mol. The topological polar surface area (TPSA) is 65.9 Å². The number of pyridine rings is 1. The molecule has 0 saturated carbocycles. The maximum absolute atomic E-state index is 6.40. The van der Waals surface area contributed by atoms with Gasteiger partial charge in [0.05, 0.1) is 16.6 Å². The van der Waals surface area contributed by atoms with E-state index in [2.05, 4.69) is 81.4 Å². The van der Waals surface area contributed by atoms with Gasteiger partial charge < -0.3 is 14.8 Å². The Bertz CT molecular complexity index is 1790. The summed E-state index contributed by atoms with van der Waals surface area (Å²) in [5.74, 6) is 0.754. The highest BCUT2D eigenvalue weighted by Crippen LogP contribution is 2.39. The molecule has 1 atom stereocenters. The molecule has 7 nitrogen and oxygen atoms in total. The van der Waals surface area contributed by atoms with Crippen LogP contribution in [0.25, 0.3) is 55.4 Å². The molecule has 0 spiro atoms. The van der Waals surface area contributed by atoms with Crippen LogP contribution in [0.3, 0.4) is 0 Å². The first-order valence-electron chi connectivity index (χ1n) is 12.8. The number of aromatic nitrogens is 5. The molecule has 38 heavy (non-hydrogen) atoms. The summed E-state index contributed by atoms with van der Waals surface area (Å²) in [6.07, 6.45) is 3.84. The van der Waals surface area contributed by atoms with Gasteiger partial charge in [0.25, 0.3) is 0 Å². The van der Waals surface area contributed by atoms with E-state index in [-0.39, 0.29) is 0 Å². The average Bonchev–Trinajstić information content (AvgIpc) is 3.54. The van der Waals surface area contributed by atoms with Crippen molar-refractivity contribution in [3.8, 4) is 22.6 Å². The van der Waals surface area contributed by atoms with Crippen molar-refractivity contribution in [2.75, 3.05) is 44.8 Å². The van der Waals surface area contributed by atoms with Gasteiger partial charge in [0.15, 0.2) is 5.82 Å². The molecule has 1 aliphatic rings. The monoisotopic (exact) mass is 515 g/mol. The zero-order valence-electron chi connectivity index (χ0n) is 21.5. The number of likely N-dealkylation sites (N-methyl/N-ethyl adjacent to an activating group) is 1. The summed E-state index contributed by atoms with van der Waals surface area (Å²) >= 11 is 0. The first-order valence-corrected chi connectivity index (χ1v) is 14.6. The maximum Gasteiger partial charge on any atom is 0.159 e. The van der Waals surface area contributed by atoms with Crippen molar-refractivity contribution in [2.45, 2.75) is 0 Å². The lowest BCUT2D eigenvalue weighted by Gasteiger charge is -2.34. The molecular formula is C29H27BN7P. The number of rotatable bonds is 4. The summed E-state index contributed by atoms with van der Waals surface area (Å²) in [5.41, 5.74) is 7.17. The fraction of sp³-hybridized carbons (Fsp3) is 0.207. The summed E-state index contributed by atoms with van der Waals surface area (Å²) in [6, 6.07) is 21.3. The zero-order chi connectivity index (χ0) is 25.8. The van der Waals surface area contributed by atoms with Crippen LogP contribution in [0.5, 0.6) is 0 Å². The fourth-order valence-corrected chi connectivity index (χ4v) is 6.15. The van der Waals surface area contributed by atoms with Crippen LogP contribution in [-0.2, 0) is 0 Å². The number of hydrogen-bond acceptors (Lipinski definition) is 5. The third-order valence-electron chi connectivity index (χ3n) is 7.50. The van der Waals surface area contributed by atoms with Crippen molar-refractivity contribution >= 4 is 53.9 Å². The molecule has 3 aromatic heterocycles. The lowest BCUT2D eigenvalue weighted by Crippen LogP contribution is -2.44. The standard InChI is InChI=1S/C29H27BN7P/c1-35-11-13-36(14-12-35)21-8-9-25-26(16-21)33-29(32-25)28-23-15-19(7-10-27(23)37(34-28)38(2)30)24-18-31-17-20-5-3-4-6-22(20)24/h3-10,15-18H,11-14H2,1-2H3,(H,32,33). The number of benzene rings is 3. The second kappa shape index (κ2) is 9.23. The minimum atomic E-state index is -0.958. The largest absolute Gasteiger partial charge is 0.369 e. The molecule has 1 N–H and O–H groups in total. The Labute approximate surface area is 223 Å². The molecule has 1 fully saturated rings. The van der Waals surface area contributed by atoms with E-state index in [4.69, 9.17) is 17.6 Å². The maximum atomic E-state index is 6.40. The summed E-state index contributed by atoms with van der Waals surface area (Å²) in [6.45, 7) is 6.21. The Morgan fingerprint density at radius 3 is 2.61 bits per heavy atom. The fourth-order valence-electron chi connectivity index (χ4n) is 5.40. The normalized spacial score (nSPS) is 15.6. The Morgan fingerprint density at radius 2 is 1.76 bits per heavy atom. The van der Waals surface area contributed by atoms with E-state index in [1.807, 2.05) is 29.6 Å². The van der Waals surface area contributed by atoms with Crippen LogP contribution in [0.15, 0.2) is 73.1 Å². The predicted molar refractivity (Wildman–Crippen MR) is 159 cm³/mol. The highest BCUT2D eigenvalue weighted by molar-refractivity contribution is 7.80. The molecule has 2 radical (unpaired) electrons. The number of H-pyrrole nitrogens is 1. The number of piperazine rings is 1. The van der Waals surface area contributed by atoms with E-state index >= 15 is 0 Å². The van der Waals surface area contributed by atoms with Crippen molar-refractivity contribution in [1.29, 1.82) is 0 Å². The van der Waals surface area contributed by atoms with E-state index in [9.17, 15) is 0 Å². The van der Waals surface area contributed by atoms with Gasteiger partial charge >= 0.3 is 0 Å². The van der Waals surface area contributed by atoms with Gasteiger partial charge in [0.1, 0.15) is 13.3 Å². The summed E-state index contributed by atoms with van der Waals surface area (Å²) in [5, 5.41) is 8.28. The van der Waals surface area contributed by atoms with Crippen LogP contribution in [-0.4, -0.2) is 76.9 Å².